The molecule has 20 heavy (non-hydrogen) atoms. The number of halogens is 3. The van der Waals surface area contributed by atoms with Gasteiger partial charge in [0.05, 0.1) is 0 Å². The topological polar surface area (TPSA) is 35.6 Å². The van der Waals surface area contributed by atoms with Crippen molar-refractivity contribution in [2.75, 3.05) is 33.2 Å². The number of alkyl halides is 3. The Bertz CT molecular complexity index is 340. The summed E-state index contributed by atoms with van der Waals surface area (Å²) in [4.78, 5) is 15.8. The molecule has 1 atom stereocenters. The predicted octanol–water partition coefficient (Wildman–Crippen LogP) is 2.06. The van der Waals surface area contributed by atoms with Crippen molar-refractivity contribution in [3.63, 3.8) is 0 Å². The third-order valence-corrected chi connectivity index (χ3v) is 4.31. The van der Waals surface area contributed by atoms with Gasteiger partial charge in [-0.15, -0.1) is 0 Å². The van der Waals surface area contributed by atoms with Gasteiger partial charge < -0.3 is 15.1 Å². The van der Waals surface area contributed by atoms with E-state index in [9.17, 15) is 18.0 Å². The minimum absolute atomic E-state index is 0.108. The van der Waals surface area contributed by atoms with Crippen LogP contribution in [0.4, 0.5) is 18.0 Å². The molecule has 116 valence electrons. The largest absolute Gasteiger partial charge is 0.405 e. The van der Waals surface area contributed by atoms with Gasteiger partial charge in [-0.3, -0.25) is 0 Å². The molecule has 0 aromatic rings. The maximum absolute atomic E-state index is 12.2. The highest BCUT2D eigenvalue weighted by Gasteiger charge is 2.37. The molecule has 2 amide bonds. The third-order valence-electron chi connectivity index (χ3n) is 4.31. The van der Waals surface area contributed by atoms with Crippen molar-refractivity contribution in [3.05, 3.63) is 0 Å². The summed E-state index contributed by atoms with van der Waals surface area (Å²) in [5, 5.41) is 1.99. The normalized spacial score (nSPS) is 26.0. The second-order valence-corrected chi connectivity index (χ2v) is 5.82. The zero-order chi connectivity index (χ0) is 14.8. The first-order valence-corrected chi connectivity index (χ1v) is 7.16. The van der Waals surface area contributed by atoms with Crippen LogP contribution in [0.5, 0.6) is 0 Å². The first-order chi connectivity index (χ1) is 9.37. The van der Waals surface area contributed by atoms with Gasteiger partial charge in [0, 0.05) is 12.6 Å². The highest BCUT2D eigenvalue weighted by molar-refractivity contribution is 5.74. The van der Waals surface area contributed by atoms with Crippen LogP contribution < -0.4 is 5.32 Å². The summed E-state index contributed by atoms with van der Waals surface area (Å²) in [7, 11) is 2.07. The maximum atomic E-state index is 12.2. The summed E-state index contributed by atoms with van der Waals surface area (Å²) in [6.07, 6.45) is -0.517. The molecule has 0 aromatic heterocycles. The van der Waals surface area contributed by atoms with Gasteiger partial charge in [-0.05, 0) is 51.7 Å². The van der Waals surface area contributed by atoms with E-state index in [0.29, 0.717) is 12.5 Å². The number of likely N-dealkylation sites (tertiary alicyclic amines) is 2. The number of rotatable bonds is 2. The van der Waals surface area contributed by atoms with Crippen LogP contribution in [-0.2, 0) is 0 Å². The highest BCUT2D eigenvalue weighted by atomic mass is 19.4. The number of amides is 2. The summed E-state index contributed by atoms with van der Waals surface area (Å²) in [6, 6.07) is -0.458. The van der Waals surface area contributed by atoms with Gasteiger partial charge in [-0.2, -0.15) is 13.2 Å². The Morgan fingerprint density at radius 3 is 2.45 bits per heavy atom. The number of nitrogens with one attached hydrogen (secondary N) is 1. The molecule has 0 aromatic carbocycles. The van der Waals surface area contributed by atoms with E-state index in [-0.39, 0.29) is 6.04 Å². The molecule has 0 aliphatic carbocycles. The standard InChI is InChI=1S/C13H22F3N3O/c1-18-7-4-10(5-8-18)11-3-2-6-19(11)12(20)17-9-13(14,15)16/h10-11H,2-9H2,1H3,(H,17,20). The van der Waals surface area contributed by atoms with Gasteiger partial charge >= 0.3 is 12.2 Å². The van der Waals surface area contributed by atoms with Crippen LogP contribution in [-0.4, -0.2) is 61.3 Å². The Kier molecular flexibility index (Phi) is 4.78. The molecular weight excluding hydrogens is 271 g/mol. The molecule has 0 bridgehead atoms. The van der Waals surface area contributed by atoms with E-state index in [4.69, 9.17) is 0 Å². The van der Waals surface area contributed by atoms with Crippen LogP contribution in [0.2, 0.25) is 0 Å². The molecule has 0 radical (unpaired) electrons. The minimum Gasteiger partial charge on any atom is -0.329 e. The third kappa shape index (κ3) is 4.01. The Balaban J connectivity index is 1.88. The van der Waals surface area contributed by atoms with Crippen molar-refractivity contribution in [1.29, 1.82) is 0 Å². The number of piperidine rings is 1. The molecule has 2 fully saturated rings. The van der Waals surface area contributed by atoms with Crippen LogP contribution in [0, 0.1) is 5.92 Å². The van der Waals surface area contributed by atoms with Crippen LogP contribution in [0.15, 0.2) is 0 Å². The van der Waals surface area contributed by atoms with Crippen LogP contribution in [0.25, 0.3) is 0 Å². The zero-order valence-electron chi connectivity index (χ0n) is 11.7. The summed E-state index contributed by atoms with van der Waals surface area (Å²) in [5.74, 6) is 0.422. The zero-order valence-corrected chi connectivity index (χ0v) is 11.7. The van der Waals surface area contributed by atoms with E-state index in [2.05, 4.69) is 11.9 Å². The van der Waals surface area contributed by atoms with Crippen molar-refractivity contribution in [2.24, 2.45) is 5.92 Å². The average Bonchev–Trinajstić information content (AvgIpc) is 2.85. The fraction of sp³-hybridized carbons (Fsp3) is 0.923. The van der Waals surface area contributed by atoms with Crippen LogP contribution >= 0.6 is 0 Å². The monoisotopic (exact) mass is 293 g/mol. The van der Waals surface area contributed by atoms with E-state index in [1.165, 1.54) is 0 Å². The van der Waals surface area contributed by atoms with Crippen molar-refractivity contribution in [1.82, 2.24) is 15.1 Å². The van der Waals surface area contributed by atoms with Crippen LogP contribution in [0.3, 0.4) is 0 Å². The average molecular weight is 293 g/mol. The Hall–Kier alpha value is -0.980. The van der Waals surface area contributed by atoms with E-state index in [0.717, 1.165) is 38.8 Å². The molecule has 2 aliphatic rings. The molecular formula is C13H22F3N3O. The summed E-state index contributed by atoms with van der Waals surface area (Å²) in [6.45, 7) is 1.32. The minimum atomic E-state index is -4.35. The molecule has 1 unspecified atom stereocenters. The summed E-state index contributed by atoms with van der Waals surface area (Å²) in [5.41, 5.74) is 0. The molecule has 7 heteroatoms. The number of nitrogens with zero attached hydrogens (tertiary/aromatic N) is 2. The predicted molar refractivity (Wildman–Crippen MR) is 69.4 cm³/mol. The molecule has 2 saturated heterocycles. The molecule has 2 aliphatic heterocycles. The highest BCUT2D eigenvalue weighted by Crippen LogP contribution is 2.30. The number of carbonyl (C=O) groups is 1. The first-order valence-electron chi connectivity index (χ1n) is 7.16. The van der Waals surface area contributed by atoms with E-state index in [1.807, 2.05) is 5.32 Å². The summed E-state index contributed by atoms with van der Waals surface area (Å²) >= 11 is 0. The molecule has 0 spiro atoms. The number of carbonyl (C=O) groups excluding carboxylic acids is 1. The lowest BCUT2D eigenvalue weighted by Gasteiger charge is -2.36. The molecule has 2 heterocycles. The van der Waals surface area contributed by atoms with Gasteiger partial charge in [0.15, 0.2) is 0 Å². The van der Waals surface area contributed by atoms with Crippen molar-refractivity contribution < 1.29 is 18.0 Å². The lowest BCUT2D eigenvalue weighted by molar-refractivity contribution is -0.123. The molecule has 1 N–H and O–H groups in total. The molecule has 4 nitrogen and oxygen atoms in total. The van der Waals surface area contributed by atoms with Crippen molar-refractivity contribution in [2.45, 2.75) is 37.9 Å². The van der Waals surface area contributed by atoms with Crippen molar-refractivity contribution in [3.8, 4) is 0 Å². The van der Waals surface area contributed by atoms with E-state index in [1.54, 1.807) is 4.90 Å². The molecule has 0 saturated carbocycles. The van der Waals surface area contributed by atoms with Gasteiger partial charge in [-0.1, -0.05) is 0 Å². The number of hydrogen-bond donors (Lipinski definition) is 1. The summed E-state index contributed by atoms with van der Waals surface area (Å²) < 4.78 is 36.5. The Labute approximate surface area is 117 Å². The first kappa shape index (κ1) is 15.4. The van der Waals surface area contributed by atoms with E-state index >= 15 is 0 Å². The second kappa shape index (κ2) is 6.20. The maximum Gasteiger partial charge on any atom is 0.405 e. The van der Waals surface area contributed by atoms with Crippen molar-refractivity contribution >= 4 is 6.03 Å². The fourth-order valence-electron chi connectivity index (χ4n) is 3.23. The number of hydrogen-bond acceptors (Lipinski definition) is 2. The molecule has 2 rings (SSSR count). The fourth-order valence-corrected chi connectivity index (χ4v) is 3.23. The van der Waals surface area contributed by atoms with Gasteiger partial charge in [-0.25, -0.2) is 4.79 Å². The Morgan fingerprint density at radius 1 is 1.20 bits per heavy atom. The quantitative estimate of drug-likeness (QED) is 0.846. The van der Waals surface area contributed by atoms with Gasteiger partial charge in [0.25, 0.3) is 0 Å². The van der Waals surface area contributed by atoms with Gasteiger partial charge in [0.1, 0.15) is 6.54 Å². The second-order valence-electron chi connectivity index (χ2n) is 5.82. The number of urea groups is 1. The van der Waals surface area contributed by atoms with Gasteiger partial charge in [0.2, 0.25) is 0 Å². The lowest BCUT2D eigenvalue weighted by atomic mass is 9.88. The van der Waals surface area contributed by atoms with E-state index < -0.39 is 18.8 Å². The smallest absolute Gasteiger partial charge is 0.329 e. The lowest BCUT2D eigenvalue weighted by Crippen LogP contribution is -2.49. The SMILES string of the molecule is CN1CCC(C2CCCN2C(=O)NCC(F)(F)F)CC1. The van der Waals surface area contributed by atoms with Crippen LogP contribution in [0.1, 0.15) is 25.7 Å². The Morgan fingerprint density at radius 2 is 1.85 bits per heavy atom.